The standard InChI is InChI=1S/C14H17NO2/c1-4-5-13(16)11-6-8-12(9-7-11)15-14(17)10(2)3/h1,6-10,13,16H,5H2,2-3H3,(H,15,17). The molecule has 0 saturated carbocycles. The Morgan fingerprint density at radius 1 is 1.41 bits per heavy atom. The SMILES string of the molecule is C#CCC(O)c1ccc(NC(=O)C(C)C)cc1. The van der Waals surface area contributed by atoms with E-state index in [2.05, 4.69) is 11.2 Å². The van der Waals surface area contributed by atoms with E-state index in [0.717, 1.165) is 11.3 Å². The zero-order valence-electron chi connectivity index (χ0n) is 10.1. The van der Waals surface area contributed by atoms with Crippen LogP contribution in [0, 0.1) is 18.3 Å². The molecule has 0 heterocycles. The molecule has 0 fully saturated rings. The Kier molecular flexibility index (Phi) is 4.74. The van der Waals surface area contributed by atoms with E-state index in [4.69, 9.17) is 6.42 Å². The van der Waals surface area contributed by atoms with Gasteiger partial charge in [-0.05, 0) is 17.7 Å². The molecule has 3 nitrogen and oxygen atoms in total. The molecule has 2 N–H and O–H groups in total. The fourth-order valence-corrected chi connectivity index (χ4v) is 1.30. The van der Waals surface area contributed by atoms with Gasteiger partial charge in [0, 0.05) is 18.0 Å². The number of hydrogen-bond acceptors (Lipinski definition) is 2. The van der Waals surface area contributed by atoms with Crippen molar-refractivity contribution >= 4 is 11.6 Å². The van der Waals surface area contributed by atoms with E-state index in [1.165, 1.54) is 0 Å². The topological polar surface area (TPSA) is 49.3 Å². The van der Waals surface area contributed by atoms with Gasteiger partial charge in [0.15, 0.2) is 0 Å². The van der Waals surface area contributed by atoms with Crippen molar-refractivity contribution in [3.63, 3.8) is 0 Å². The number of carbonyl (C=O) groups is 1. The van der Waals surface area contributed by atoms with Crippen molar-refractivity contribution in [2.75, 3.05) is 5.32 Å². The molecular weight excluding hydrogens is 214 g/mol. The second-order valence-corrected chi connectivity index (χ2v) is 4.19. The second-order valence-electron chi connectivity index (χ2n) is 4.19. The minimum atomic E-state index is -0.644. The van der Waals surface area contributed by atoms with E-state index < -0.39 is 6.10 Å². The van der Waals surface area contributed by atoms with Crippen molar-refractivity contribution in [2.45, 2.75) is 26.4 Å². The molecule has 0 aliphatic rings. The van der Waals surface area contributed by atoms with Crippen LogP contribution in [0.2, 0.25) is 0 Å². The lowest BCUT2D eigenvalue weighted by Crippen LogP contribution is -2.17. The average Bonchev–Trinajstić information content (AvgIpc) is 2.30. The fraction of sp³-hybridized carbons (Fsp3) is 0.357. The summed E-state index contributed by atoms with van der Waals surface area (Å²) in [5, 5.41) is 12.4. The van der Waals surface area contributed by atoms with E-state index in [9.17, 15) is 9.90 Å². The Labute approximate surface area is 102 Å². The van der Waals surface area contributed by atoms with Gasteiger partial charge in [-0.25, -0.2) is 0 Å². The van der Waals surface area contributed by atoms with Crippen LogP contribution in [0.1, 0.15) is 31.9 Å². The van der Waals surface area contributed by atoms with Crippen LogP contribution in [0.3, 0.4) is 0 Å². The fourth-order valence-electron chi connectivity index (χ4n) is 1.30. The van der Waals surface area contributed by atoms with Gasteiger partial charge in [0.2, 0.25) is 5.91 Å². The Hall–Kier alpha value is -1.79. The molecule has 1 rings (SSSR count). The van der Waals surface area contributed by atoms with Gasteiger partial charge in [0.1, 0.15) is 0 Å². The van der Waals surface area contributed by atoms with Gasteiger partial charge in [-0.15, -0.1) is 12.3 Å². The first kappa shape index (κ1) is 13.3. The van der Waals surface area contributed by atoms with Gasteiger partial charge < -0.3 is 10.4 Å². The number of aliphatic hydroxyl groups excluding tert-OH is 1. The number of terminal acetylenes is 1. The molecule has 0 aliphatic heterocycles. The van der Waals surface area contributed by atoms with Crippen molar-refractivity contribution in [1.29, 1.82) is 0 Å². The lowest BCUT2D eigenvalue weighted by molar-refractivity contribution is -0.118. The van der Waals surface area contributed by atoms with E-state index in [0.29, 0.717) is 0 Å². The first-order chi connectivity index (χ1) is 8.04. The molecule has 1 unspecified atom stereocenters. The molecule has 17 heavy (non-hydrogen) atoms. The number of rotatable bonds is 4. The predicted octanol–water partition coefficient (Wildman–Crippen LogP) is 2.34. The maximum Gasteiger partial charge on any atom is 0.226 e. The van der Waals surface area contributed by atoms with E-state index in [-0.39, 0.29) is 18.2 Å². The van der Waals surface area contributed by atoms with E-state index in [1.807, 2.05) is 13.8 Å². The largest absolute Gasteiger partial charge is 0.387 e. The predicted molar refractivity (Wildman–Crippen MR) is 68.3 cm³/mol. The van der Waals surface area contributed by atoms with Gasteiger partial charge in [-0.1, -0.05) is 26.0 Å². The molecule has 90 valence electrons. The normalized spacial score (nSPS) is 11.9. The summed E-state index contributed by atoms with van der Waals surface area (Å²) in [5.74, 6) is 2.33. The zero-order chi connectivity index (χ0) is 12.8. The van der Waals surface area contributed by atoms with Crippen molar-refractivity contribution in [3.8, 4) is 12.3 Å². The molecule has 0 aliphatic carbocycles. The van der Waals surface area contributed by atoms with Crippen LogP contribution in [-0.4, -0.2) is 11.0 Å². The van der Waals surface area contributed by atoms with Crippen LogP contribution in [0.15, 0.2) is 24.3 Å². The van der Waals surface area contributed by atoms with Crippen LogP contribution in [0.4, 0.5) is 5.69 Å². The number of benzene rings is 1. The molecule has 0 bridgehead atoms. The summed E-state index contributed by atoms with van der Waals surface area (Å²) in [6, 6.07) is 7.04. The number of carbonyl (C=O) groups excluding carboxylic acids is 1. The summed E-state index contributed by atoms with van der Waals surface area (Å²) in [7, 11) is 0. The molecule has 1 atom stereocenters. The lowest BCUT2D eigenvalue weighted by atomic mass is 10.1. The van der Waals surface area contributed by atoms with Gasteiger partial charge in [-0.2, -0.15) is 0 Å². The van der Waals surface area contributed by atoms with Gasteiger partial charge in [0.05, 0.1) is 6.10 Å². The molecule has 1 aromatic carbocycles. The zero-order valence-corrected chi connectivity index (χ0v) is 10.1. The van der Waals surface area contributed by atoms with Crippen molar-refractivity contribution in [1.82, 2.24) is 0 Å². The highest BCUT2D eigenvalue weighted by atomic mass is 16.3. The smallest absolute Gasteiger partial charge is 0.226 e. The maximum atomic E-state index is 11.4. The van der Waals surface area contributed by atoms with Crippen LogP contribution >= 0.6 is 0 Å². The third-order valence-corrected chi connectivity index (χ3v) is 2.40. The van der Waals surface area contributed by atoms with Gasteiger partial charge in [0.25, 0.3) is 0 Å². The third kappa shape index (κ3) is 3.93. The number of anilines is 1. The molecule has 0 spiro atoms. The van der Waals surface area contributed by atoms with Crippen LogP contribution in [-0.2, 0) is 4.79 Å². The first-order valence-corrected chi connectivity index (χ1v) is 5.57. The summed E-state index contributed by atoms with van der Waals surface area (Å²) in [5.41, 5.74) is 1.48. The average molecular weight is 231 g/mol. The Bertz CT molecular complexity index is 415. The Morgan fingerprint density at radius 2 is 2.00 bits per heavy atom. The molecule has 1 amide bonds. The first-order valence-electron chi connectivity index (χ1n) is 5.57. The van der Waals surface area contributed by atoms with Crippen LogP contribution in [0.25, 0.3) is 0 Å². The summed E-state index contributed by atoms with van der Waals surface area (Å²) in [6.45, 7) is 3.67. The van der Waals surface area contributed by atoms with Crippen LogP contribution in [0.5, 0.6) is 0 Å². The monoisotopic (exact) mass is 231 g/mol. The summed E-state index contributed by atoms with van der Waals surface area (Å²) >= 11 is 0. The maximum absolute atomic E-state index is 11.4. The molecule has 3 heteroatoms. The highest BCUT2D eigenvalue weighted by molar-refractivity contribution is 5.92. The lowest BCUT2D eigenvalue weighted by Gasteiger charge is -2.10. The number of nitrogens with one attached hydrogen (secondary N) is 1. The highest BCUT2D eigenvalue weighted by Gasteiger charge is 2.08. The molecule has 0 radical (unpaired) electrons. The Balaban J connectivity index is 2.69. The Morgan fingerprint density at radius 3 is 2.47 bits per heavy atom. The second kappa shape index (κ2) is 6.07. The molecule has 0 aromatic heterocycles. The summed E-state index contributed by atoms with van der Waals surface area (Å²) in [4.78, 5) is 11.4. The molecule has 0 saturated heterocycles. The van der Waals surface area contributed by atoms with Crippen molar-refractivity contribution in [3.05, 3.63) is 29.8 Å². The minimum absolute atomic E-state index is 0.0260. The molecule has 1 aromatic rings. The molecular formula is C14H17NO2. The summed E-state index contributed by atoms with van der Waals surface area (Å²) < 4.78 is 0. The van der Waals surface area contributed by atoms with Gasteiger partial charge >= 0.3 is 0 Å². The van der Waals surface area contributed by atoms with Gasteiger partial charge in [-0.3, -0.25) is 4.79 Å². The van der Waals surface area contributed by atoms with Crippen molar-refractivity contribution in [2.24, 2.45) is 5.92 Å². The highest BCUT2D eigenvalue weighted by Crippen LogP contribution is 2.18. The van der Waals surface area contributed by atoms with Crippen LogP contribution < -0.4 is 5.32 Å². The van der Waals surface area contributed by atoms with E-state index >= 15 is 0 Å². The summed E-state index contributed by atoms with van der Waals surface area (Å²) in [6.07, 6.45) is 4.77. The number of hydrogen-bond donors (Lipinski definition) is 2. The number of amides is 1. The number of aliphatic hydroxyl groups is 1. The van der Waals surface area contributed by atoms with E-state index in [1.54, 1.807) is 24.3 Å². The quantitative estimate of drug-likeness (QED) is 0.781. The van der Waals surface area contributed by atoms with Crippen molar-refractivity contribution < 1.29 is 9.90 Å². The third-order valence-electron chi connectivity index (χ3n) is 2.40. The minimum Gasteiger partial charge on any atom is -0.387 e.